The van der Waals surface area contributed by atoms with Gasteiger partial charge in [0.25, 0.3) is 0 Å². The molecule has 0 unspecified atom stereocenters. The highest BCUT2D eigenvalue weighted by atomic mass is 19.4. The largest absolute Gasteiger partial charge is 0.466 e. The van der Waals surface area contributed by atoms with Crippen LogP contribution in [0.2, 0.25) is 0 Å². The van der Waals surface area contributed by atoms with E-state index in [1.165, 1.54) is 6.92 Å². The fraction of sp³-hybridized carbons (Fsp3) is 0.462. The topological polar surface area (TPSA) is 52.3 Å². The molecule has 0 radical (unpaired) electrons. The maximum atomic E-state index is 13.8. The van der Waals surface area contributed by atoms with E-state index in [9.17, 15) is 35.5 Å². The molecule has 10 heteroatoms. The lowest BCUT2D eigenvalue weighted by Crippen LogP contribution is -2.24. The van der Waals surface area contributed by atoms with Gasteiger partial charge in [-0.3, -0.25) is 4.79 Å². The number of benzene rings is 1. The van der Waals surface area contributed by atoms with Gasteiger partial charge in [0.05, 0.1) is 24.2 Å². The maximum Gasteiger partial charge on any atom is 0.416 e. The molecule has 1 aromatic carbocycles. The van der Waals surface area contributed by atoms with Crippen LogP contribution in [0.3, 0.4) is 0 Å². The third kappa shape index (κ3) is 4.81. The molecule has 0 saturated heterocycles. The van der Waals surface area contributed by atoms with Crippen LogP contribution in [0, 0.1) is 5.82 Å². The van der Waals surface area contributed by atoms with Crippen molar-refractivity contribution in [3.05, 3.63) is 34.6 Å². The molecule has 0 fully saturated rings. The quantitative estimate of drug-likeness (QED) is 0.666. The zero-order valence-electron chi connectivity index (χ0n) is 11.7. The van der Waals surface area contributed by atoms with Crippen LogP contribution in [-0.2, 0) is 21.9 Å². The van der Waals surface area contributed by atoms with Crippen LogP contribution in [0.5, 0.6) is 0 Å². The summed E-state index contributed by atoms with van der Waals surface area (Å²) in [6.45, 7) is 1.36. The molecule has 23 heavy (non-hydrogen) atoms. The Kier molecular flexibility index (Phi) is 5.62. The summed E-state index contributed by atoms with van der Waals surface area (Å²) in [5, 5.41) is 0. The van der Waals surface area contributed by atoms with E-state index in [1.807, 2.05) is 0 Å². The number of hydrogen-bond donors (Lipinski definition) is 1. The second-order valence-electron chi connectivity index (χ2n) is 4.53. The van der Waals surface area contributed by atoms with E-state index in [4.69, 9.17) is 5.73 Å². The minimum Gasteiger partial charge on any atom is -0.466 e. The van der Waals surface area contributed by atoms with E-state index in [-0.39, 0.29) is 18.7 Å². The van der Waals surface area contributed by atoms with Crippen molar-refractivity contribution in [2.75, 3.05) is 6.61 Å². The molecule has 0 spiro atoms. The molecule has 0 saturated carbocycles. The third-order valence-corrected chi connectivity index (χ3v) is 2.82. The molecule has 1 atom stereocenters. The van der Waals surface area contributed by atoms with E-state index in [2.05, 4.69) is 4.74 Å². The third-order valence-electron chi connectivity index (χ3n) is 2.82. The SMILES string of the molecule is CCOC(=O)C[C@@H](N)c1c(F)cc(C(F)(F)F)cc1C(F)(F)F. The van der Waals surface area contributed by atoms with Gasteiger partial charge < -0.3 is 10.5 Å². The van der Waals surface area contributed by atoms with Gasteiger partial charge >= 0.3 is 18.3 Å². The average Bonchev–Trinajstić information content (AvgIpc) is 2.35. The molecule has 0 amide bonds. The first-order chi connectivity index (χ1) is 10.4. The van der Waals surface area contributed by atoms with Crippen molar-refractivity contribution >= 4 is 5.97 Å². The lowest BCUT2D eigenvalue weighted by molar-refractivity contribution is -0.146. The Morgan fingerprint density at radius 2 is 1.74 bits per heavy atom. The molecular weight excluding hydrogens is 335 g/mol. The smallest absolute Gasteiger partial charge is 0.416 e. The maximum absolute atomic E-state index is 13.8. The molecule has 0 aliphatic rings. The molecule has 3 nitrogen and oxygen atoms in total. The lowest BCUT2D eigenvalue weighted by Gasteiger charge is -2.20. The fourth-order valence-electron chi connectivity index (χ4n) is 1.89. The Morgan fingerprint density at radius 1 is 1.17 bits per heavy atom. The zero-order valence-corrected chi connectivity index (χ0v) is 11.7. The molecule has 1 rings (SSSR count). The van der Waals surface area contributed by atoms with Gasteiger partial charge in [-0.25, -0.2) is 4.39 Å². The molecule has 0 aliphatic heterocycles. The highest BCUT2D eigenvalue weighted by Gasteiger charge is 2.41. The van der Waals surface area contributed by atoms with Crippen LogP contribution >= 0.6 is 0 Å². The van der Waals surface area contributed by atoms with Gasteiger partial charge in [0.2, 0.25) is 0 Å². The summed E-state index contributed by atoms with van der Waals surface area (Å²) in [7, 11) is 0. The number of ether oxygens (including phenoxy) is 1. The number of carbonyl (C=O) groups is 1. The number of nitrogens with two attached hydrogens (primary N) is 1. The first-order valence-corrected chi connectivity index (χ1v) is 6.27. The molecule has 0 bridgehead atoms. The van der Waals surface area contributed by atoms with Crippen LogP contribution < -0.4 is 5.73 Å². The number of hydrogen-bond acceptors (Lipinski definition) is 3. The Balaban J connectivity index is 3.38. The second-order valence-corrected chi connectivity index (χ2v) is 4.53. The van der Waals surface area contributed by atoms with E-state index < -0.39 is 53.3 Å². The first-order valence-electron chi connectivity index (χ1n) is 6.27. The summed E-state index contributed by atoms with van der Waals surface area (Å²) in [6, 6.07) is -2.12. The van der Waals surface area contributed by atoms with Crippen LogP contribution in [-0.4, -0.2) is 12.6 Å². The average molecular weight is 347 g/mol. The number of esters is 1. The first kappa shape index (κ1) is 19.2. The molecule has 2 N–H and O–H groups in total. The van der Waals surface area contributed by atoms with Crippen LogP contribution in [0.4, 0.5) is 30.7 Å². The predicted octanol–water partition coefficient (Wildman–Crippen LogP) is 3.82. The fourth-order valence-corrected chi connectivity index (χ4v) is 1.89. The van der Waals surface area contributed by atoms with Crippen molar-refractivity contribution in [3.63, 3.8) is 0 Å². The normalized spacial score (nSPS) is 13.8. The van der Waals surface area contributed by atoms with Gasteiger partial charge in [-0.2, -0.15) is 26.3 Å². The van der Waals surface area contributed by atoms with Gasteiger partial charge in [-0.15, -0.1) is 0 Å². The molecule has 0 heterocycles. The Bertz CT molecular complexity index is 581. The van der Waals surface area contributed by atoms with Crippen LogP contribution in [0.1, 0.15) is 36.1 Å². The number of halogens is 7. The Morgan fingerprint density at radius 3 is 2.17 bits per heavy atom. The summed E-state index contributed by atoms with van der Waals surface area (Å²) in [5.41, 5.74) is 0.482. The standard InChI is InChI=1S/C13H12F7NO2/c1-2-23-10(22)5-9(21)11-7(13(18,19)20)3-6(4-8(11)14)12(15,16)17/h3-4,9H,2,5,21H2,1H3/t9-/m1/s1. The van der Waals surface area contributed by atoms with Crippen LogP contribution in [0.15, 0.2) is 12.1 Å². The number of alkyl halides is 6. The molecule has 0 aliphatic carbocycles. The highest BCUT2D eigenvalue weighted by Crippen LogP contribution is 2.40. The lowest BCUT2D eigenvalue weighted by atomic mass is 9.95. The summed E-state index contributed by atoms with van der Waals surface area (Å²) in [5.74, 6) is -2.78. The molecule has 1 aromatic rings. The van der Waals surface area contributed by atoms with Gasteiger partial charge in [0.1, 0.15) is 5.82 Å². The summed E-state index contributed by atoms with van der Waals surface area (Å²) in [4.78, 5) is 11.2. The second kappa shape index (κ2) is 6.73. The van der Waals surface area contributed by atoms with Crippen molar-refractivity contribution < 1.29 is 40.3 Å². The highest BCUT2D eigenvalue weighted by molar-refractivity contribution is 5.70. The Hall–Kier alpha value is -1.84. The van der Waals surface area contributed by atoms with E-state index in [0.717, 1.165) is 0 Å². The van der Waals surface area contributed by atoms with Gasteiger partial charge in [-0.05, 0) is 19.1 Å². The van der Waals surface area contributed by atoms with Crippen molar-refractivity contribution in [3.8, 4) is 0 Å². The zero-order chi connectivity index (χ0) is 18.0. The summed E-state index contributed by atoms with van der Waals surface area (Å²) >= 11 is 0. The molecule has 130 valence electrons. The van der Waals surface area contributed by atoms with E-state index in [0.29, 0.717) is 0 Å². The predicted molar refractivity (Wildman–Crippen MR) is 64.6 cm³/mol. The van der Waals surface area contributed by atoms with Gasteiger partial charge in [0.15, 0.2) is 0 Å². The Labute approximate surface area is 126 Å². The molecular formula is C13H12F7NO2. The van der Waals surface area contributed by atoms with Gasteiger partial charge in [-0.1, -0.05) is 0 Å². The number of rotatable bonds is 4. The van der Waals surface area contributed by atoms with Gasteiger partial charge in [0, 0.05) is 11.6 Å². The van der Waals surface area contributed by atoms with Crippen molar-refractivity contribution in [1.82, 2.24) is 0 Å². The van der Waals surface area contributed by atoms with Crippen molar-refractivity contribution in [2.24, 2.45) is 5.73 Å². The summed E-state index contributed by atoms with van der Waals surface area (Å²) < 4.78 is 94.7. The van der Waals surface area contributed by atoms with Crippen LogP contribution in [0.25, 0.3) is 0 Å². The van der Waals surface area contributed by atoms with E-state index in [1.54, 1.807) is 0 Å². The monoisotopic (exact) mass is 347 g/mol. The molecule has 0 aromatic heterocycles. The number of carbonyl (C=O) groups excluding carboxylic acids is 1. The van der Waals surface area contributed by atoms with E-state index >= 15 is 0 Å². The minimum absolute atomic E-state index is 0.0762. The minimum atomic E-state index is -5.27. The van der Waals surface area contributed by atoms with Crippen molar-refractivity contribution in [2.45, 2.75) is 31.7 Å². The summed E-state index contributed by atoms with van der Waals surface area (Å²) in [6.07, 6.45) is -11.2. The van der Waals surface area contributed by atoms with Crippen molar-refractivity contribution in [1.29, 1.82) is 0 Å².